The number of anilines is 1. The van der Waals surface area contributed by atoms with Gasteiger partial charge in [-0.3, -0.25) is 4.79 Å². The van der Waals surface area contributed by atoms with Gasteiger partial charge in [-0.1, -0.05) is 45.0 Å². The van der Waals surface area contributed by atoms with Crippen LogP contribution in [-0.2, 0) is 16.6 Å². The molecule has 24 heavy (non-hydrogen) atoms. The molecule has 2 aromatic carbocycles. The van der Waals surface area contributed by atoms with Crippen molar-refractivity contribution in [3.8, 4) is 5.75 Å². The number of aryl methyl sites for hydroxylation is 2. The van der Waals surface area contributed by atoms with Crippen LogP contribution in [0.15, 0.2) is 42.5 Å². The van der Waals surface area contributed by atoms with Crippen LogP contribution in [0.4, 0.5) is 5.69 Å². The van der Waals surface area contributed by atoms with Crippen LogP contribution in [-0.4, -0.2) is 13.0 Å². The van der Waals surface area contributed by atoms with Gasteiger partial charge in [-0.2, -0.15) is 0 Å². The number of ether oxygens (including phenoxy) is 1. The highest BCUT2D eigenvalue weighted by atomic mass is 16.5. The third-order valence-electron chi connectivity index (χ3n) is 4.17. The zero-order valence-electron chi connectivity index (χ0n) is 15.3. The number of carbonyl (C=O) groups is 1. The molecule has 1 amide bonds. The second-order valence-corrected chi connectivity index (χ2v) is 7.18. The first-order valence-electron chi connectivity index (χ1n) is 8.33. The molecule has 2 rings (SSSR count). The quantitative estimate of drug-likeness (QED) is 0.851. The molecule has 1 N–H and O–H groups in total. The predicted molar refractivity (Wildman–Crippen MR) is 99.8 cm³/mol. The van der Waals surface area contributed by atoms with Crippen molar-refractivity contribution < 1.29 is 9.53 Å². The van der Waals surface area contributed by atoms with E-state index in [1.165, 1.54) is 11.1 Å². The maximum absolute atomic E-state index is 12.2. The highest BCUT2D eigenvalue weighted by molar-refractivity contribution is 5.91. The molecule has 0 saturated carbocycles. The SMILES string of the molecule is COc1ccc(NC(=O)CCc2ccc(C(C)(C)C)cc2)c(C)c1. The Morgan fingerprint density at radius 3 is 2.29 bits per heavy atom. The smallest absolute Gasteiger partial charge is 0.224 e. The molecule has 0 unspecified atom stereocenters. The molecule has 0 spiro atoms. The lowest BCUT2D eigenvalue weighted by Crippen LogP contribution is -2.13. The molecule has 0 saturated heterocycles. The van der Waals surface area contributed by atoms with Crippen LogP contribution in [0, 0.1) is 6.92 Å². The molecule has 0 aliphatic carbocycles. The van der Waals surface area contributed by atoms with E-state index in [-0.39, 0.29) is 11.3 Å². The zero-order chi connectivity index (χ0) is 17.7. The molecule has 0 radical (unpaired) electrons. The Labute approximate surface area is 145 Å². The summed E-state index contributed by atoms with van der Waals surface area (Å²) in [6.07, 6.45) is 1.21. The van der Waals surface area contributed by atoms with Crippen molar-refractivity contribution in [2.45, 2.75) is 46.0 Å². The maximum Gasteiger partial charge on any atom is 0.224 e. The first kappa shape index (κ1) is 18.1. The first-order chi connectivity index (χ1) is 11.3. The van der Waals surface area contributed by atoms with E-state index in [1.807, 2.05) is 25.1 Å². The van der Waals surface area contributed by atoms with Crippen molar-refractivity contribution in [2.75, 3.05) is 12.4 Å². The number of rotatable bonds is 5. The molecular weight excluding hydrogens is 298 g/mol. The fraction of sp³-hybridized carbons (Fsp3) is 0.381. The van der Waals surface area contributed by atoms with Crippen LogP contribution >= 0.6 is 0 Å². The van der Waals surface area contributed by atoms with Crippen LogP contribution in [0.1, 0.15) is 43.9 Å². The third-order valence-corrected chi connectivity index (χ3v) is 4.17. The van der Waals surface area contributed by atoms with E-state index >= 15 is 0 Å². The monoisotopic (exact) mass is 325 g/mol. The summed E-state index contributed by atoms with van der Waals surface area (Å²) in [7, 11) is 1.64. The minimum Gasteiger partial charge on any atom is -0.497 e. The van der Waals surface area contributed by atoms with Crippen LogP contribution in [0.5, 0.6) is 5.75 Å². The zero-order valence-corrected chi connectivity index (χ0v) is 15.3. The van der Waals surface area contributed by atoms with E-state index < -0.39 is 0 Å². The van der Waals surface area contributed by atoms with E-state index in [1.54, 1.807) is 7.11 Å². The maximum atomic E-state index is 12.2. The average Bonchev–Trinajstić information content (AvgIpc) is 2.54. The second-order valence-electron chi connectivity index (χ2n) is 7.18. The van der Waals surface area contributed by atoms with Gasteiger partial charge in [-0.05, 0) is 53.6 Å². The highest BCUT2D eigenvalue weighted by Gasteiger charge is 2.13. The molecule has 3 nitrogen and oxygen atoms in total. The average molecular weight is 325 g/mol. The molecule has 0 bridgehead atoms. The van der Waals surface area contributed by atoms with Crippen LogP contribution in [0.3, 0.4) is 0 Å². The van der Waals surface area contributed by atoms with Crippen LogP contribution < -0.4 is 10.1 Å². The van der Waals surface area contributed by atoms with Gasteiger partial charge in [0.25, 0.3) is 0 Å². The van der Waals surface area contributed by atoms with E-state index in [0.29, 0.717) is 6.42 Å². The van der Waals surface area contributed by atoms with E-state index in [9.17, 15) is 4.79 Å². The van der Waals surface area contributed by atoms with Crippen molar-refractivity contribution in [2.24, 2.45) is 0 Å². The Kier molecular flexibility index (Phi) is 5.66. The van der Waals surface area contributed by atoms with Crippen LogP contribution in [0.2, 0.25) is 0 Å². The standard InChI is InChI=1S/C21H27NO2/c1-15-14-18(24-5)11-12-19(15)22-20(23)13-8-16-6-9-17(10-7-16)21(2,3)4/h6-7,9-12,14H,8,13H2,1-5H3,(H,22,23). The molecule has 0 fully saturated rings. The van der Waals surface area contributed by atoms with Crippen molar-refractivity contribution in [1.82, 2.24) is 0 Å². The highest BCUT2D eigenvalue weighted by Crippen LogP contribution is 2.23. The largest absolute Gasteiger partial charge is 0.497 e. The Morgan fingerprint density at radius 2 is 1.75 bits per heavy atom. The van der Waals surface area contributed by atoms with Crippen molar-refractivity contribution in [1.29, 1.82) is 0 Å². The number of benzene rings is 2. The summed E-state index contributed by atoms with van der Waals surface area (Å²) in [5.41, 5.74) is 4.48. The minimum atomic E-state index is 0.0307. The van der Waals surface area contributed by atoms with Gasteiger partial charge in [-0.15, -0.1) is 0 Å². The Morgan fingerprint density at radius 1 is 1.08 bits per heavy atom. The van der Waals surface area contributed by atoms with Gasteiger partial charge in [0.1, 0.15) is 5.75 Å². The van der Waals surface area contributed by atoms with E-state index in [2.05, 4.69) is 50.4 Å². The van der Waals surface area contributed by atoms with Gasteiger partial charge in [-0.25, -0.2) is 0 Å². The summed E-state index contributed by atoms with van der Waals surface area (Å²) in [5, 5.41) is 2.97. The molecule has 0 atom stereocenters. The third kappa shape index (κ3) is 4.85. The predicted octanol–water partition coefficient (Wildman–Crippen LogP) is 4.87. The molecule has 0 heterocycles. The summed E-state index contributed by atoms with van der Waals surface area (Å²) in [4.78, 5) is 12.2. The lowest BCUT2D eigenvalue weighted by molar-refractivity contribution is -0.116. The van der Waals surface area contributed by atoms with Gasteiger partial charge in [0, 0.05) is 12.1 Å². The Hall–Kier alpha value is -2.29. The fourth-order valence-electron chi connectivity index (χ4n) is 2.55. The topological polar surface area (TPSA) is 38.3 Å². The Balaban J connectivity index is 1.91. The molecule has 128 valence electrons. The first-order valence-corrected chi connectivity index (χ1v) is 8.33. The van der Waals surface area contributed by atoms with Crippen molar-refractivity contribution in [3.05, 3.63) is 59.2 Å². The fourth-order valence-corrected chi connectivity index (χ4v) is 2.55. The minimum absolute atomic E-state index is 0.0307. The second kappa shape index (κ2) is 7.52. The van der Waals surface area contributed by atoms with Gasteiger partial charge < -0.3 is 10.1 Å². The number of amides is 1. The lowest BCUT2D eigenvalue weighted by atomic mass is 9.86. The number of hydrogen-bond acceptors (Lipinski definition) is 2. The molecule has 0 aromatic heterocycles. The molecular formula is C21H27NO2. The van der Waals surface area contributed by atoms with Gasteiger partial charge in [0.05, 0.1) is 7.11 Å². The summed E-state index contributed by atoms with van der Waals surface area (Å²) >= 11 is 0. The number of nitrogens with one attached hydrogen (secondary N) is 1. The number of methoxy groups -OCH3 is 1. The summed E-state index contributed by atoms with van der Waals surface area (Å²) in [6.45, 7) is 8.56. The number of hydrogen-bond donors (Lipinski definition) is 1. The normalized spacial score (nSPS) is 11.2. The van der Waals surface area contributed by atoms with Gasteiger partial charge >= 0.3 is 0 Å². The van der Waals surface area contributed by atoms with Crippen LogP contribution in [0.25, 0.3) is 0 Å². The summed E-state index contributed by atoms with van der Waals surface area (Å²) in [5.74, 6) is 0.826. The van der Waals surface area contributed by atoms with E-state index in [0.717, 1.165) is 23.4 Å². The molecule has 0 aliphatic rings. The number of carbonyl (C=O) groups excluding carboxylic acids is 1. The Bertz CT molecular complexity index is 697. The van der Waals surface area contributed by atoms with Gasteiger partial charge in [0.15, 0.2) is 0 Å². The lowest BCUT2D eigenvalue weighted by Gasteiger charge is -2.19. The molecule has 2 aromatic rings. The molecule has 3 heteroatoms. The summed E-state index contributed by atoms with van der Waals surface area (Å²) < 4.78 is 5.18. The molecule has 0 aliphatic heterocycles. The summed E-state index contributed by atoms with van der Waals surface area (Å²) in [6, 6.07) is 14.2. The van der Waals surface area contributed by atoms with Crippen molar-refractivity contribution in [3.63, 3.8) is 0 Å². The van der Waals surface area contributed by atoms with Crippen molar-refractivity contribution >= 4 is 11.6 Å². The van der Waals surface area contributed by atoms with E-state index in [4.69, 9.17) is 4.74 Å². The van der Waals surface area contributed by atoms with Gasteiger partial charge in [0.2, 0.25) is 5.91 Å².